The number of aromatic nitrogens is 2. The van der Waals surface area contributed by atoms with E-state index in [9.17, 15) is 4.79 Å². The summed E-state index contributed by atoms with van der Waals surface area (Å²) in [6.45, 7) is 3.53. The standard InChI is InChI=1S/C19H20N4O3S/c1-25-15-6-3-2-5-14(15)18-20-17(26-21-18)13-22-8-10-23(11-9-22)19(24)16-7-4-12-27-16/h2-7,12H,8-11,13H2,1H3. The summed E-state index contributed by atoms with van der Waals surface area (Å²) in [7, 11) is 1.62. The second-order valence-electron chi connectivity index (χ2n) is 6.26. The summed E-state index contributed by atoms with van der Waals surface area (Å²) in [6.07, 6.45) is 0. The van der Waals surface area contributed by atoms with Gasteiger partial charge < -0.3 is 14.2 Å². The fourth-order valence-corrected chi connectivity index (χ4v) is 3.81. The number of carbonyl (C=O) groups excluding carboxylic acids is 1. The van der Waals surface area contributed by atoms with Gasteiger partial charge in [-0.15, -0.1) is 11.3 Å². The summed E-state index contributed by atoms with van der Waals surface area (Å²) in [5.74, 6) is 1.91. The molecule has 0 N–H and O–H groups in total. The number of para-hydroxylation sites is 1. The summed E-state index contributed by atoms with van der Waals surface area (Å²) < 4.78 is 10.8. The highest BCUT2D eigenvalue weighted by molar-refractivity contribution is 7.12. The molecule has 1 fully saturated rings. The number of amides is 1. The number of methoxy groups -OCH3 is 1. The van der Waals surface area contributed by atoms with Crippen molar-refractivity contribution in [1.82, 2.24) is 19.9 Å². The summed E-state index contributed by atoms with van der Waals surface area (Å²) in [6, 6.07) is 11.4. The lowest BCUT2D eigenvalue weighted by Crippen LogP contribution is -2.48. The molecule has 1 aliphatic rings. The van der Waals surface area contributed by atoms with Gasteiger partial charge in [-0.3, -0.25) is 9.69 Å². The van der Waals surface area contributed by atoms with Crippen molar-refractivity contribution in [2.75, 3.05) is 33.3 Å². The van der Waals surface area contributed by atoms with Crippen molar-refractivity contribution < 1.29 is 14.1 Å². The third kappa shape index (κ3) is 3.86. The molecule has 27 heavy (non-hydrogen) atoms. The molecule has 1 aliphatic heterocycles. The van der Waals surface area contributed by atoms with Gasteiger partial charge in [-0.1, -0.05) is 23.4 Å². The Morgan fingerprint density at radius 1 is 1.19 bits per heavy atom. The Kier molecular flexibility index (Phi) is 5.17. The van der Waals surface area contributed by atoms with Crippen LogP contribution in [0.3, 0.4) is 0 Å². The van der Waals surface area contributed by atoms with Gasteiger partial charge in [0.1, 0.15) is 5.75 Å². The molecular weight excluding hydrogens is 364 g/mol. The zero-order valence-corrected chi connectivity index (χ0v) is 15.8. The van der Waals surface area contributed by atoms with E-state index in [0.29, 0.717) is 37.1 Å². The largest absolute Gasteiger partial charge is 0.496 e. The van der Waals surface area contributed by atoms with Crippen molar-refractivity contribution in [3.05, 3.63) is 52.5 Å². The second kappa shape index (κ2) is 7.89. The van der Waals surface area contributed by atoms with Crippen LogP contribution in [-0.4, -0.2) is 59.1 Å². The third-order valence-corrected chi connectivity index (χ3v) is 5.42. The molecule has 0 spiro atoms. The van der Waals surface area contributed by atoms with Crippen LogP contribution >= 0.6 is 11.3 Å². The average molecular weight is 384 g/mol. The Morgan fingerprint density at radius 3 is 2.74 bits per heavy atom. The Hall–Kier alpha value is -2.71. The van der Waals surface area contributed by atoms with Gasteiger partial charge in [-0.25, -0.2) is 0 Å². The van der Waals surface area contributed by atoms with Crippen molar-refractivity contribution in [3.63, 3.8) is 0 Å². The van der Waals surface area contributed by atoms with Crippen LogP contribution in [0.25, 0.3) is 11.4 Å². The summed E-state index contributed by atoms with van der Waals surface area (Å²) >= 11 is 1.48. The monoisotopic (exact) mass is 384 g/mol. The smallest absolute Gasteiger partial charge is 0.264 e. The zero-order valence-electron chi connectivity index (χ0n) is 15.0. The van der Waals surface area contributed by atoms with Gasteiger partial charge >= 0.3 is 0 Å². The number of benzene rings is 1. The molecule has 1 amide bonds. The predicted molar refractivity (Wildman–Crippen MR) is 102 cm³/mol. The van der Waals surface area contributed by atoms with Crippen LogP contribution in [0.15, 0.2) is 46.3 Å². The SMILES string of the molecule is COc1ccccc1-c1noc(CN2CCN(C(=O)c3cccs3)CC2)n1. The van der Waals surface area contributed by atoms with Crippen LogP contribution in [0.1, 0.15) is 15.6 Å². The predicted octanol–water partition coefficient (Wildman–Crippen LogP) is 2.76. The number of hydrogen-bond acceptors (Lipinski definition) is 7. The topological polar surface area (TPSA) is 71.7 Å². The first kappa shape index (κ1) is 17.7. The van der Waals surface area contributed by atoms with E-state index in [-0.39, 0.29) is 5.91 Å². The van der Waals surface area contributed by atoms with Gasteiger partial charge in [-0.2, -0.15) is 4.98 Å². The van der Waals surface area contributed by atoms with Crippen LogP contribution in [0.2, 0.25) is 0 Å². The molecule has 2 aromatic heterocycles. The van der Waals surface area contributed by atoms with E-state index in [0.717, 1.165) is 23.5 Å². The number of carbonyl (C=O) groups is 1. The Morgan fingerprint density at radius 2 is 2.00 bits per heavy atom. The van der Waals surface area contributed by atoms with Gasteiger partial charge in [0.15, 0.2) is 0 Å². The Labute approximate surface area is 161 Å². The van der Waals surface area contributed by atoms with Gasteiger partial charge in [0.25, 0.3) is 5.91 Å². The van der Waals surface area contributed by atoms with Crippen LogP contribution in [0.4, 0.5) is 0 Å². The molecule has 0 saturated carbocycles. The minimum Gasteiger partial charge on any atom is -0.496 e. The number of nitrogens with zero attached hydrogens (tertiary/aromatic N) is 4. The fourth-order valence-electron chi connectivity index (χ4n) is 3.11. The second-order valence-corrected chi connectivity index (χ2v) is 7.21. The zero-order chi connectivity index (χ0) is 18.6. The van der Waals surface area contributed by atoms with Gasteiger partial charge in [0.2, 0.25) is 11.7 Å². The third-order valence-electron chi connectivity index (χ3n) is 4.57. The first-order valence-electron chi connectivity index (χ1n) is 8.75. The molecule has 0 radical (unpaired) electrons. The number of thiophene rings is 1. The minimum atomic E-state index is 0.112. The van der Waals surface area contributed by atoms with Gasteiger partial charge in [0.05, 0.1) is 24.1 Å². The van der Waals surface area contributed by atoms with Crippen LogP contribution in [0.5, 0.6) is 5.75 Å². The maximum absolute atomic E-state index is 12.4. The fraction of sp³-hybridized carbons (Fsp3) is 0.316. The van der Waals surface area contributed by atoms with Crippen molar-refractivity contribution in [1.29, 1.82) is 0 Å². The first-order chi connectivity index (χ1) is 13.2. The number of ether oxygens (including phenoxy) is 1. The molecule has 0 atom stereocenters. The van der Waals surface area contributed by atoms with Crippen molar-refractivity contribution in [3.8, 4) is 17.1 Å². The minimum absolute atomic E-state index is 0.112. The van der Waals surface area contributed by atoms with Gasteiger partial charge in [-0.05, 0) is 23.6 Å². The molecule has 7 nitrogen and oxygen atoms in total. The van der Waals surface area contributed by atoms with E-state index in [2.05, 4.69) is 15.0 Å². The van der Waals surface area contributed by atoms with E-state index in [1.165, 1.54) is 11.3 Å². The van der Waals surface area contributed by atoms with E-state index in [1.807, 2.05) is 46.7 Å². The summed E-state index contributed by atoms with van der Waals surface area (Å²) in [5.41, 5.74) is 0.807. The van der Waals surface area contributed by atoms with Crippen LogP contribution < -0.4 is 4.74 Å². The van der Waals surface area contributed by atoms with Gasteiger partial charge in [0, 0.05) is 26.2 Å². The average Bonchev–Trinajstić information content (AvgIpc) is 3.40. The lowest BCUT2D eigenvalue weighted by Gasteiger charge is -2.33. The van der Waals surface area contributed by atoms with E-state index in [1.54, 1.807) is 7.11 Å². The van der Waals surface area contributed by atoms with Crippen LogP contribution in [-0.2, 0) is 6.54 Å². The molecule has 140 valence electrons. The molecule has 1 saturated heterocycles. The molecule has 8 heteroatoms. The van der Waals surface area contributed by atoms with Crippen molar-refractivity contribution in [2.24, 2.45) is 0 Å². The molecule has 3 heterocycles. The normalized spacial score (nSPS) is 15.1. The summed E-state index contributed by atoms with van der Waals surface area (Å²) in [5, 5.41) is 6.01. The van der Waals surface area contributed by atoms with E-state index >= 15 is 0 Å². The Balaban J connectivity index is 1.36. The van der Waals surface area contributed by atoms with E-state index in [4.69, 9.17) is 9.26 Å². The maximum atomic E-state index is 12.4. The molecule has 0 unspecified atom stereocenters. The molecule has 3 aromatic rings. The molecule has 0 bridgehead atoms. The molecule has 0 aliphatic carbocycles. The number of piperazine rings is 1. The first-order valence-corrected chi connectivity index (χ1v) is 9.63. The molecule has 1 aromatic carbocycles. The van der Waals surface area contributed by atoms with Crippen LogP contribution in [0, 0.1) is 0 Å². The summed E-state index contributed by atoms with van der Waals surface area (Å²) in [4.78, 5) is 21.8. The highest BCUT2D eigenvalue weighted by atomic mass is 32.1. The Bertz CT molecular complexity index is 901. The number of rotatable bonds is 5. The highest BCUT2D eigenvalue weighted by Gasteiger charge is 2.24. The van der Waals surface area contributed by atoms with Crippen molar-refractivity contribution in [2.45, 2.75) is 6.54 Å². The quantitative estimate of drug-likeness (QED) is 0.674. The molecular formula is C19H20N4O3S. The van der Waals surface area contributed by atoms with E-state index < -0.39 is 0 Å². The highest BCUT2D eigenvalue weighted by Crippen LogP contribution is 2.27. The maximum Gasteiger partial charge on any atom is 0.264 e. The molecule has 4 rings (SSSR count). The number of hydrogen-bond donors (Lipinski definition) is 0. The lowest BCUT2D eigenvalue weighted by molar-refractivity contribution is 0.0620. The van der Waals surface area contributed by atoms with Crippen molar-refractivity contribution >= 4 is 17.2 Å². The lowest BCUT2D eigenvalue weighted by atomic mass is 10.2.